The first-order chi connectivity index (χ1) is 6.18. The van der Waals surface area contributed by atoms with E-state index in [4.69, 9.17) is 5.11 Å². The summed E-state index contributed by atoms with van der Waals surface area (Å²) in [6.07, 6.45) is 3.27. The van der Waals surface area contributed by atoms with Gasteiger partial charge in [-0.1, -0.05) is 6.42 Å². The summed E-state index contributed by atoms with van der Waals surface area (Å²) in [4.78, 5) is 10.8. The first-order valence-electron chi connectivity index (χ1n) is 5.05. The van der Waals surface area contributed by atoms with Crippen LogP contribution in [-0.2, 0) is 4.79 Å². The maximum atomic E-state index is 13.5. The molecule has 2 nitrogen and oxygen atoms in total. The molecule has 0 aromatic heterocycles. The molecule has 2 fully saturated rings. The zero-order valence-electron chi connectivity index (χ0n) is 7.58. The van der Waals surface area contributed by atoms with Crippen molar-refractivity contribution in [2.45, 2.75) is 38.3 Å². The van der Waals surface area contributed by atoms with Crippen molar-refractivity contribution in [2.24, 2.45) is 17.8 Å². The number of carbonyl (C=O) groups is 1. The smallest absolute Gasteiger partial charge is 0.306 e. The Hall–Kier alpha value is -0.600. The van der Waals surface area contributed by atoms with Gasteiger partial charge >= 0.3 is 5.97 Å². The van der Waals surface area contributed by atoms with Gasteiger partial charge in [-0.05, 0) is 37.5 Å². The van der Waals surface area contributed by atoms with E-state index in [9.17, 15) is 9.18 Å². The standard InChI is InChI=1S/C10H15FO2/c11-9-6-2-1-3-7(9)5-8(4-6)10(12)13/h6-9H,1-5H2,(H,12,13)/t6-,7+,8?,9?. The van der Waals surface area contributed by atoms with Crippen LogP contribution in [0.3, 0.4) is 0 Å². The van der Waals surface area contributed by atoms with Gasteiger partial charge in [0, 0.05) is 0 Å². The number of hydrogen-bond donors (Lipinski definition) is 1. The van der Waals surface area contributed by atoms with Gasteiger partial charge in [-0.3, -0.25) is 4.79 Å². The molecule has 2 bridgehead atoms. The monoisotopic (exact) mass is 186 g/mol. The van der Waals surface area contributed by atoms with E-state index in [1.807, 2.05) is 0 Å². The molecule has 4 atom stereocenters. The second-order valence-corrected chi connectivity index (χ2v) is 4.40. The molecule has 0 amide bonds. The lowest BCUT2D eigenvalue weighted by Crippen LogP contribution is -2.39. The average Bonchev–Trinajstić information content (AvgIpc) is 2.02. The summed E-state index contributed by atoms with van der Waals surface area (Å²) >= 11 is 0. The summed E-state index contributed by atoms with van der Waals surface area (Å²) in [6.45, 7) is 0. The summed E-state index contributed by atoms with van der Waals surface area (Å²) in [5.74, 6) is -0.937. The van der Waals surface area contributed by atoms with Crippen LogP contribution >= 0.6 is 0 Å². The Morgan fingerprint density at radius 2 is 1.77 bits per heavy atom. The second-order valence-electron chi connectivity index (χ2n) is 4.40. The molecule has 0 saturated heterocycles. The Bertz CT molecular complexity index is 203. The number of aliphatic carboxylic acids is 1. The summed E-state index contributed by atoms with van der Waals surface area (Å²) < 4.78 is 13.5. The minimum Gasteiger partial charge on any atom is -0.481 e. The van der Waals surface area contributed by atoms with Crippen molar-refractivity contribution < 1.29 is 14.3 Å². The quantitative estimate of drug-likeness (QED) is 0.681. The van der Waals surface area contributed by atoms with Gasteiger partial charge in [0.2, 0.25) is 0 Å². The van der Waals surface area contributed by atoms with Crippen LogP contribution in [0, 0.1) is 17.8 Å². The zero-order valence-corrected chi connectivity index (χ0v) is 7.58. The SMILES string of the molecule is O=C(O)C1C[C@H]2CCC[C@@H](C1)C2F. The van der Waals surface area contributed by atoms with E-state index >= 15 is 0 Å². The normalized spacial score (nSPS) is 44.4. The van der Waals surface area contributed by atoms with E-state index in [-0.39, 0.29) is 17.8 Å². The summed E-state index contributed by atoms with van der Waals surface area (Å²) in [5.41, 5.74) is 0. The third kappa shape index (κ3) is 1.56. The highest BCUT2D eigenvalue weighted by atomic mass is 19.1. The minimum absolute atomic E-state index is 0.0357. The lowest BCUT2D eigenvalue weighted by atomic mass is 9.67. The molecule has 2 aliphatic carbocycles. The van der Waals surface area contributed by atoms with Crippen LogP contribution < -0.4 is 0 Å². The van der Waals surface area contributed by atoms with Gasteiger partial charge in [-0.15, -0.1) is 0 Å². The van der Waals surface area contributed by atoms with Crippen molar-refractivity contribution in [2.75, 3.05) is 0 Å². The van der Waals surface area contributed by atoms with Gasteiger partial charge in [0.15, 0.2) is 0 Å². The summed E-state index contributed by atoms with van der Waals surface area (Å²) in [5, 5.41) is 8.86. The first kappa shape index (κ1) is 8.97. The molecular weight excluding hydrogens is 171 g/mol. The highest BCUT2D eigenvalue weighted by Gasteiger charge is 2.42. The first-order valence-corrected chi connectivity index (χ1v) is 5.05. The van der Waals surface area contributed by atoms with Gasteiger partial charge in [0.25, 0.3) is 0 Å². The molecule has 2 unspecified atom stereocenters. The number of alkyl halides is 1. The van der Waals surface area contributed by atoms with Gasteiger partial charge in [-0.2, -0.15) is 0 Å². The molecule has 0 aromatic rings. The molecule has 0 aliphatic heterocycles. The maximum absolute atomic E-state index is 13.5. The summed E-state index contributed by atoms with van der Waals surface area (Å²) in [6, 6.07) is 0. The molecule has 1 N–H and O–H groups in total. The molecule has 2 saturated carbocycles. The topological polar surface area (TPSA) is 37.3 Å². The molecule has 74 valence electrons. The van der Waals surface area contributed by atoms with Crippen LogP contribution in [0.1, 0.15) is 32.1 Å². The molecule has 0 spiro atoms. The molecular formula is C10H15FO2. The van der Waals surface area contributed by atoms with Crippen molar-refractivity contribution in [1.29, 1.82) is 0 Å². The van der Waals surface area contributed by atoms with Crippen molar-refractivity contribution in [3.05, 3.63) is 0 Å². The molecule has 2 rings (SSSR count). The number of rotatable bonds is 1. The van der Waals surface area contributed by atoms with Crippen LogP contribution in [-0.4, -0.2) is 17.2 Å². The maximum Gasteiger partial charge on any atom is 0.306 e. The average molecular weight is 186 g/mol. The molecule has 3 heteroatoms. The molecule has 0 radical (unpaired) electrons. The Kier molecular flexibility index (Phi) is 2.26. The summed E-state index contributed by atoms with van der Waals surface area (Å²) in [7, 11) is 0. The number of fused-ring (bicyclic) bond motifs is 2. The van der Waals surface area contributed by atoms with E-state index < -0.39 is 12.1 Å². The van der Waals surface area contributed by atoms with Crippen LogP contribution in [0.15, 0.2) is 0 Å². The van der Waals surface area contributed by atoms with Crippen LogP contribution in [0.2, 0.25) is 0 Å². The third-order valence-corrected chi connectivity index (χ3v) is 3.57. The van der Waals surface area contributed by atoms with E-state index in [1.165, 1.54) is 0 Å². The fraction of sp³-hybridized carbons (Fsp3) is 0.900. The Morgan fingerprint density at radius 3 is 2.23 bits per heavy atom. The minimum atomic E-state index is -0.733. The highest BCUT2D eigenvalue weighted by Crippen LogP contribution is 2.44. The highest BCUT2D eigenvalue weighted by molar-refractivity contribution is 5.70. The number of hydrogen-bond acceptors (Lipinski definition) is 1. The predicted molar refractivity (Wildman–Crippen MR) is 46.1 cm³/mol. The van der Waals surface area contributed by atoms with Crippen molar-refractivity contribution in [3.8, 4) is 0 Å². The van der Waals surface area contributed by atoms with E-state index in [0.717, 1.165) is 19.3 Å². The van der Waals surface area contributed by atoms with Crippen molar-refractivity contribution in [1.82, 2.24) is 0 Å². The van der Waals surface area contributed by atoms with Gasteiger partial charge in [0.1, 0.15) is 6.17 Å². The predicted octanol–water partition coefficient (Wildman–Crippen LogP) is 2.24. The van der Waals surface area contributed by atoms with Crippen molar-refractivity contribution >= 4 is 5.97 Å². The van der Waals surface area contributed by atoms with Crippen LogP contribution in [0.4, 0.5) is 4.39 Å². The van der Waals surface area contributed by atoms with E-state index in [1.54, 1.807) is 0 Å². The Morgan fingerprint density at radius 1 is 1.23 bits per heavy atom. The second kappa shape index (κ2) is 3.28. The van der Waals surface area contributed by atoms with Crippen LogP contribution in [0.5, 0.6) is 0 Å². The van der Waals surface area contributed by atoms with Gasteiger partial charge in [-0.25, -0.2) is 4.39 Å². The van der Waals surface area contributed by atoms with E-state index in [2.05, 4.69) is 0 Å². The lowest BCUT2D eigenvalue weighted by molar-refractivity contribution is -0.146. The zero-order chi connectivity index (χ0) is 9.42. The molecule has 0 heterocycles. The Labute approximate surface area is 77.1 Å². The fourth-order valence-corrected chi connectivity index (χ4v) is 2.87. The third-order valence-electron chi connectivity index (χ3n) is 3.57. The Balaban J connectivity index is 2.07. The largest absolute Gasteiger partial charge is 0.481 e. The van der Waals surface area contributed by atoms with Crippen molar-refractivity contribution in [3.63, 3.8) is 0 Å². The fourth-order valence-electron chi connectivity index (χ4n) is 2.87. The molecule has 2 aliphatic rings. The van der Waals surface area contributed by atoms with E-state index in [0.29, 0.717) is 12.8 Å². The molecule has 0 aromatic carbocycles. The number of carboxylic acid groups (broad SMARTS) is 1. The number of halogens is 1. The molecule has 13 heavy (non-hydrogen) atoms. The lowest BCUT2D eigenvalue weighted by Gasteiger charge is -2.40. The van der Waals surface area contributed by atoms with Crippen LogP contribution in [0.25, 0.3) is 0 Å². The van der Waals surface area contributed by atoms with Gasteiger partial charge < -0.3 is 5.11 Å². The number of carboxylic acids is 1. The van der Waals surface area contributed by atoms with Gasteiger partial charge in [0.05, 0.1) is 5.92 Å².